The normalized spacial score (nSPS) is 22.8. The summed E-state index contributed by atoms with van der Waals surface area (Å²) < 4.78 is 41.9. The number of esters is 3. The smallest absolute Gasteiger partial charge is 0.379 e. The Bertz CT molecular complexity index is 4780. The van der Waals surface area contributed by atoms with Crippen molar-refractivity contribution in [3.63, 3.8) is 0 Å². The fourth-order valence-electron chi connectivity index (χ4n) is 16.0. The lowest BCUT2D eigenvalue weighted by Crippen LogP contribution is -2.63. The number of ketones is 4. The molecule has 30 nitrogen and oxygen atoms in total. The molecule has 2 heterocycles. The number of aliphatic hydroxyl groups excluding tert-OH is 4. The van der Waals surface area contributed by atoms with Crippen molar-refractivity contribution in [2.75, 3.05) is 79.4 Å². The van der Waals surface area contributed by atoms with Crippen LogP contribution in [-0.4, -0.2) is 192 Å². The molecule has 0 saturated carbocycles. The Balaban J connectivity index is 0.786. The predicted molar refractivity (Wildman–Crippen MR) is 377 cm³/mol. The molecule has 6 aliphatic carbocycles. The van der Waals surface area contributed by atoms with E-state index in [2.05, 4.69) is 0 Å². The van der Waals surface area contributed by atoms with Gasteiger partial charge in [-0.15, -0.1) is 0 Å². The summed E-state index contributed by atoms with van der Waals surface area (Å²) in [6.07, 6.45) is 1.41. The molecule has 6 aromatic rings. The van der Waals surface area contributed by atoms with Crippen LogP contribution in [0.5, 0.6) is 23.0 Å². The highest BCUT2D eigenvalue weighted by atomic mass is 16.6. The topological polar surface area (TPSA) is 447 Å². The maximum atomic E-state index is 14.9. The van der Waals surface area contributed by atoms with E-state index in [1.54, 1.807) is 50.1 Å². The highest BCUT2D eigenvalue weighted by Crippen LogP contribution is 2.56. The molecular weight excluding hydrogens is 1380 g/mol. The molecule has 2 amide bonds. The fraction of sp³-hybridized carbons (Fsp3) is 0.382. The minimum Gasteiger partial charge on any atom is -0.510 e. The minimum absolute atomic E-state index is 0.00669. The average Bonchev–Trinajstić information content (AvgIpc) is 0.703. The molecule has 0 radical (unpaired) electrons. The van der Waals surface area contributed by atoms with Gasteiger partial charge in [-0.1, -0.05) is 38.3 Å². The lowest BCUT2D eigenvalue weighted by molar-refractivity contribution is -0.152. The Morgan fingerprint density at radius 3 is 1.33 bits per heavy atom. The molecule has 12 rings (SSSR count). The van der Waals surface area contributed by atoms with Gasteiger partial charge in [-0.25, -0.2) is 9.59 Å². The van der Waals surface area contributed by atoms with Crippen molar-refractivity contribution in [1.29, 1.82) is 0 Å². The average molecular weight is 1460 g/mol. The van der Waals surface area contributed by atoms with Crippen molar-refractivity contribution in [3.05, 3.63) is 172 Å². The maximum Gasteiger partial charge on any atom is 0.379 e. The molecule has 0 saturated heterocycles. The predicted octanol–water partition coefficient (Wildman–Crippen LogP) is 5.27. The molecule has 30 heteroatoms. The van der Waals surface area contributed by atoms with E-state index in [4.69, 9.17) is 44.0 Å². The Morgan fingerprint density at radius 2 is 0.962 bits per heavy atom. The quantitative estimate of drug-likeness (QED) is 0.0186. The molecule has 106 heavy (non-hydrogen) atoms. The second-order valence-corrected chi connectivity index (χ2v) is 28.1. The van der Waals surface area contributed by atoms with Gasteiger partial charge in [-0.3, -0.25) is 53.0 Å². The third-order valence-corrected chi connectivity index (χ3v) is 20.7. The number of likely N-dealkylation sites (N-methyl/N-ethyl adjacent to an activating group) is 2. The third kappa shape index (κ3) is 12.4. The Kier molecular flexibility index (Phi) is 19.8. The van der Waals surface area contributed by atoms with E-state index < -0.39 is 187 Å². The van der Waals surface area contributed by atoms with Crippen molar-refractivity contribution in [1.82, 2.24) is 9.80 Å². The number of hydrogen-bond acceptors (Lipinski definition) is 28. The fourth-order valence-corrected chi connectivity index (χ4v) is 16.0. The van der Waals surface area contributed by atoms with E-state index in [0.29, 0.717) is 28.9 Å². The number of unbranched alkanes of at least 4 members (excludes halogenated alkanes) is 3. The summed E-state index contributed by atoms with van der Waals surface area (Å²) >= 11 is 0. The summed E-state index contributed by atoms with van der Waals surface area (Å²) in [5.41, 5.74) is 1.87. The third-order valence-electron chi connectivity index (χ3n) is 20.7. The summed E-state index contributed by atoms with van der Waals surface area (Å²) in [6.45, 7) is 1.05. The first-order valence-electron chi connectivity index (χ1n) is 34.2. The van der Waals surface area contributed by atoms with Crippen LogP contribution in [0.2, 0.25) is 0 Å². The number of ether oxygens (including phenoxy) is 5. The van der Waals surface area contributed by atoms with Crippen LogP contribution in [0, 0.1) is 23.7 Å². The molecular formula is C76H78N6O24. The van der Waals surface area contributed by atoms with Crippen LogP contribution in [0.25, 0.3) is 21.9 Å². The maximum absolute atomic E-state index is 14.9. The van der Waals surface area contributed by atoms with Crippen LogP contribution in [0.3, 0.4) is 0 Å². The van der Waals surface area contributed by atoms with Gasteiger partial charge >= 0.3 is 17.9 Å². The second-order valence-electron chi connectivity index (χ2n) is 28.1. The van der Waals surface area contributed by atoms with E-state index in [9.17, 15) is 83.4 Å². The Morgan fingerprint density at radius 1 is 0.557 bits per heavy atom. The van der Waals surface area contributed by atoms with Crippen LogP contribution in [-0.2, 0) is 41.6 Å². The number of rotatable bonds is 22. The summed E-state index contributed by atoms with van der Waals surface area (Å²) in [7, 11) is 12.9. The number of hydrogen-bond donors (Lipinski definition) is 8. The molecule has 556 valence electrons. The van der Waals surface area contributed by atoms with Gasteiger partial charge in [0.1, 0.15) is 92.3 Å². The number of benzene rings is 4. The lowest BCUT2D eigenvalue weighted by atomic mass is 9.58. The number of Topliss-reactive ketones (excluding diaryl/α,β-unsaturated/α-hetero) is 4. The number of carbonyl (C=O) groups is 9. The number of allylic oxidation sites excluding steroid dienone is 2. The van der Waals surface area contributed by atoms with Gasteiger partial charge in [0.05, 0.1) is 23.2 Å². The molecule has 0 aliphatic heterocycles. The van der Waals surface area contributed by atoms with Gasteiger partial charge in [0.2, 0.25) is 23.1 Å². The molecule has 2 aromatic heterocycles. The monoisotopic (exact) mass is 1460 g/mol. The van der Waals surface area contributed by atoms with Gasteiger partial charge in [0.15, 0.2) is 39.7 Å². The largest absolute Gasteiger partial charge is 0.510 e. The molecule has 0 bridgehead atoms. The highest BCUT2D eigenvalue weighted by molar-refractivity contribution is 6.26. The molecule has 6 aliphatic rings. The summed E-state index contributed by atoms with van der Waals surface area (Å²) in [4.78, 5) is 160. The van der Waals surface area contributed by atoms with Gasteiger partial charge in [0, 0.05) is 81.1 Å². The molecule has 0 fully saturated rings. The molecule has 10 N–H and O–H groups in total. The molecule has 0 spiro atoms. The molecule has 8 unspecified atom stereocenters. The van der Waals surface area contributed by atoms with Crippen LogP contribution in [0.4, 0.5) is 11.4 Å². The molecule has 9 atom stereocenters. The Hall–Kier alpha value is -11.5. The van der Waals surface area contributed by atoms with Gasteiger partial charge in [0.25, 0.3) is 11.8 Å². The minimum atomic E-state index is -2.89. The van der Waals surface area contributed by atoms with E-state index in [1.807, 2.05) is 6.92 Å². The highest BCUT2D eigenvalue weighted by Gasteiger charge is 2.65. The summed E-state index contributed by atoms with van der Waals surface area (Å²) in [5, 5.41) is 70.5. The number of aliphatic hydroxyl groups is 6. The van der Waals surface area contributed by atoms with Crippen molar-refractivity contribution in [2.24, 2.45) is 35.1 Å². The molecule has 4 aromatic carbocycles. The van der Waals surface area contributed by atoms with Gasteiger partial charge in [-0.05, 0) is 132 Å². The zero-order valence-corrected chi connectivity index (χ0v) is 59.2. The van der Waals surface area contributed by atoms with Crippen LogP contribution >= 0.6 is 0 Å². The van der Waals surface area contributed by atoms with Crippen molar-refractivity contribution < 1.29 is 106 Å². The van der Waals surface area contributed by atoms with Crippen LogP contribution < -0.4 is 51.1 Å². The summed E-state index contributed by atoms with van der Waals surface area (Å²) in [5.74, 6) is -20.5. The summed E-state index contributed by atoms with van der Waals surface area (Å²) in [6, 6.07) is 13.5. The first-order chi connectivity index (χ1) is 50.2. The number of anilines is 2. The van der Waals surface area contributed by atoms with Crippen molar-refractivity contribution >= 4 is 86.2 Å². The first kappa shape index (κ1) is 74.3. The van der Waals surface area contributed by atoms with Crippen molar-refractivity contribution in [3.8, 4) is 23.0 Å². The zero-order valence-electron chi connectivity index (χ0n) is 59.2. The van der Waals surface area contributed by atoms with Crippen molar-refractivity contribution in [2.45, 2.75) is 94.1 Å². The number of fused-ring (bicyclic) bond motifs is 8. The van der Waals surface area contributed by atoms with Gasteiger partial charge in [-0.2, -0.15) is 0 Å². The number of primary amides is 2. The number of carbonyl (C=O) groups excluding carboxylic acids is 9. The van der Waals surface area contributed by atoms with E-state index in [1.165, 1.54) is 86.5 Å². The first-order valence-corrected chi connectivity index (χ1v) is 34.2. The van der Waals surface area contributed by atoms with Crippen LogP contribution in [0.1, 0.15) is 105 Å². The SMILES string of the molecule is CCCCCCC(=O)OC(COc1cccc2oc(C(=O)Oc3ccc(N(C)C)c4c3C(=O)C3=C(O)C5(O)C(=O)C(C(N)=O)=C(O)C(N(C)C)C5CC3C4)cc(=O)c12)COc1cccc2oc(C(=O)Oc3ccc(N(C)C)c4c3C(=O)C3=C(O)C5(O)C(=O)C(C(N)=O)=C(O)[C@@H](N(C)C)C5CC3C4)cc(=O)c12. The van der Waals surface area contributed by atoms with E-state index in [0.717, 1.165) is 31.4 Å². The zero-order chi connectivity index (χ0) is 76.8. The standard InChI is InChI=1S/C76H78N6O24/c1-10-11-12-13-20-52(85)102-35(31-100-44-16-14-18-46-57(44)42(83)29-50(103-46)73(96)105-48-23-21-40(79(2)3)36-25-33-27-38-61(81(6)7)65(88)59(71(77)94)69(92)75(38,98)67(90)53(33)63(86)55(36)48)32-101-45-17-15-19-47-58(45)43(84)30-51(104-47)74(97)106-49-24-22-41(80(4)5)37-26-34-28-39-62(82(8)9)66(89)60(72(78)95)70(93)76(39,99)68(91)54(34)64(87)56(37)49/h14-19,21-24,29-30,33-35,38-39,61-62,88-91,98-99H,10-13,20,25-28,31-32H2,1-9H3,(H2,77,94)(H2,78,95)/t33?,34?,35?,38?,39?,61-,62?,75?,76?/m0/s1. The van der Waals surface area contributed by atoms with Gasteiger partial charge < -0.3 is 84.4 Å². The number of nitrogens with zero attached hydrogens (tertiary/aromatic N) is 4. The van der Waals surface area contributed by atoms with E-state index >= 15 is 0 Å². The lowest BCUT2D eigenvalue weighted by Gasteiger charge is -2.50. The van der Waals surface area contributed by atoms with Crippen LogP contribution in [0.15, 0.2) is 137 Å². The van der Waals surface area contributed by atoms with E-state index in [-0.39, 0.29) is 88.2 Å². The Labute approximate surface area is 603 Å². The second kappa shape index (κ2) is 28.2. The number of nitrogens with two attached hydrogens (primary N) is 2. The number of amides is 2.